The van der Waals surface area contributed by atoms with E-state index in [1.54, 1.807) is 42.3 Å². The van der Waals surface area contributed by atoms with Gasteiger partial charge >= 0.3 is 0 Å². The molecule has 1 amide bonds. The predicted octanol–water partition coefficient (Wildman–Crippen LogP) is 0.851. The van der Waals surface area contributed by atoms with Crippen molar-refractivity contribution < 1.29 is 17.9 Å². The molecule has 1 aliphatic rings. The van der Waals surface area contributed by atoms with E-state index in [-0.39, 0.29) is 17.3 Å². The number of ether oxygens (including phenoxy) is 1. The number of rotatable bonds is 5. The molecule has 25 heavy (non-hydrogen) atoms. The van der Waals surface area contributed by atoms with Gasteiger partial charge in [-0.25, -0.2) is 13.4 Å². The van der Waals surface area contributed by atoms with Gasteiger partial charge in [0, 0.05) is 31.2 Å². The van der Waals surface area contributed by atoms with Crippen LogP contribution in [0.15, 0.2) is 41.8 Å². The Labute approximate surface area is 146 Å². The number of sulfonamides is 1. The Hall–Kier alpha value is -2.23. The molecule has 0 saturated carbocycles. The van der Waals surface area contributed by atoms with Crippen molar-refractivity contribution in [3.63, 3.8) is 0 Å². The minimum Gasteiger partial charge on any atom is -0.379 e. The fourth-order valence-corrected chi connectivity index (χ4v) is 4.29. The van der Waals surface area contributed by atoms with Gasteiger partial charge < -0.3 is 14.6 Å². The number of benzene rings is 1. The summed E-state index contributed by atoms with van der Waals surface area (Å²) in [6.45, 7) is 3.29. The minimum absolute atomic E-state index is 0.111. The maximum absolute atomic E-state index is 12.8. The molecule has 0 bridgehead atoms. The molecule has 3 rings (SSSR count). The van der Waals surface area contributed by atoms with Crippen LogP contribution in [0.2, 0.25) is 0 Å². The summed E-state index contributed by atoms with van der Waals surface area (Å²) in [5.41, 5.74) is 1.08. The van der Waals surface area contributed by atoms with Gasteiger partial charge in [0.1, 0.15) is 6.54 Å². The van der Waals surface area contributed by atoms with E-state index in [1.807, 2.05) is 0 Å². The molecular formula is C16H20N4O4S. The number of hydrogen-bond acceptors (Lipinski definition) is 5. The molecule has 2 heterocycles. The van der Waals surface area contributed by atoms with Crippen LogP contribution in [0.1, 0.15) is 5.56 Å². The van der Waals surface area contributed by atoms with Crippen LogP contribution in [-0.2, 0) is 26.1 Å². The first kappa shape index (κ1) is 17.6. The molecule has 2 aromatic rings. The number of morpholine rings is 1. The van der Waals surface area contributed by atoms with Crippen LogP contribution in [0.3, 0.4) is 0 Å². The summed E-state index contributed by atoms with van der Waals surface area (Å²) in [6.07, 6.45) is 4.82. The maximum Gasteiger partial charge on any atom is 0.244 e. The number of amides is 1. The summed E-state index contributed by atoms with van der Waals surface area (Å²) in [7, 11) is -3.61. The van der Waals surface area contributed by atoms with Crippen molar-refractivity contribution in [1.29, 1.82) is 0 Å². The van der Waals surface area contributed by atoms with E-state index in [9.17, 15) is 13.2 Å². The summed E-state index contributed by atoms with van der Waals surface area (Å²) in [4.78, 5) is 16.2. The molecule has 1 saturated heterocycles. The van der Waals surface area contributed by atoms with Gasteiger partial charge in [-0.15, -0.1) is 0 Å². The van der Waals surface area contributed by atoms with Gasteiger partial charge in [0.25, 0.3) is 0 Å². The third-order valence-electron chi connectivity index (χ3n) is 3.95. The number of anilines is 1. The molecule has 8 nitrogen and oxygen atoms in total. The van der Waals surface area contributed by atoms with Crippen molar-refractivity contribution in [3.8, 4) is 0 Å². The van der Waals surface area contributed by atoms with E-state index in [2.05, 4.69) is 10.3 Å². The van der Waals surface area contributed by atoms with Gasteiger partial charge in [-0.1, -0.05) is 6.07 Å². The average Bonchev–Trinajstić information content (AvgIpc) is 3.10. The van der Waals surface area contributed by atoms with Crippen molar-refractivity contribution in [2.75, 3.05) is 31.6 Å². The zero-order chi connectivity index (χ0) is 17.9. The van der Waals surface area contributed by atoms with E-state index in [1.165, 1.54) is 10.4 Å². The van der Waals surface area contributed by atoms with E-state index >= 15 is 0 Å². The zero-order valence-electron chi connectivity index (χ0n) is 13.9. The van der Waals surface area contributed by atoms with Gasteiger partial charge in [0.15, 0.2) is 0 Å². The summed E-state index contributed by atoms with van der Waals surface area (Å²) in [5.74, 6) is -0.253. The molecule has 0 aliphatic carbocycles. The highest BCUT2D eigenvalue weighted by molar-refractivity contribution is 7.89. The Morgan fingerprint density at radius 3 is 2.76 bits per heavy atom. The lowest BCUT2D eigenvalue weighted by Crippen LogP contribution is -2.40. The van der Waals surface area contributed by atoms with Crippen LogP contribution in [0, 0.1) is 6.92 Å². The SMILES string of the molecule is Cc1ccc(NC(=O)Cn2ccnc2)cc1S(=O)(=O)N1CCOCC1. The second-order valence-electron chi connectivity index (χ2n) is 5.78. The molecule has 0 unspecified atom stereocenters. The van der Waals surface area contributed by atoms with Crippen LogP contribution in [0.4, 0.5) is 5.69 Å². The molecule has 1 fully saturated rings. The lowest BCUT2D eigenvalue weighted by molar-refractivity contribution is -0.116. The van der Waals surface area contributed by atoms with Crippen molar-refractivity contribution in [3.05, 3.63) is 42.5 Å². The maximum atomic E-state index is 12.8. The standard InChI is InChI=1S/C16H20N4O4S/c1-13-2-3-14(18-16(21)11-19-5-4-17-12-19)10-15(13)25(22,23)20-6-8-24-9-7-20/h2-5,10,12H,6-9,11H2,1H3,(H,18,21). The fourth-order valence-electron chi connectivity index (χ4n) is 2.63. The van der Waals surface area contributed by atoms with Gasteiger partial charge in [0.05, 0.1) is 24.4 Å². The molecule has 0 spiro atoms. The van der Waals surface area contributed by atoms with Crippen molar-refractivity contribution in [2.24, 2.45) is 0 Å². The van der Waals surface area contributed by atoms with Gasteiger partial charge in [-0.2, -0.15) is 4.31 Å². The van der Waals surface area contributed by atoms with Crippen LogP contribution in [0.25, 0.3) is 0 Å². The monoisotopic (exact) mass is 364 g/mol. The lowest BCUT2D eigenvalue weighted by Gasteiger charge is -2.26. The van der Waals surface area contributed by atoms with Gasteiger partial charge in [-0.05, 0) is 24.6 Å². The van der Waals surface area contributed by atoms with Gasteiger partial charge in [-0.3, -0.25) is 4.79 Å². The molecule has 0 radical (unpaired) electrons. The van der Waals surface area contributed by atoms with Crippen LogP contribution >= 0.6 is 0 Å². The highest BCUT2D eigenvalue weighted by atomic mass is 32.2. The Kier molecular flexibility index (Phi) is 5.16. The van der Waals surface area contributed by atoms with E-state index in [0.717, 1.165) is 0 Å². The fraction of sp³-hybridized carbons (Fsp3) is 0.375. The second kappa shape index (κ2) is 7.34. The molecule has 0 atom stereocenters. The Morgan fingerprint density at radius 1 is 1.32 bits per heavy atom. The Bertz CT molecular complexity index is 843. The molecule has 1 aromatic carbocycles. The summed E-state index contributed by atoms with van der Waals surface area (Å²) < 4.78 is 34.0. The molecular weight excluding hydrogens is 344 g/mol. The van der Waals surface area contributed by atoms with E-state index in [0.29, 0.717) is 37.6 Å². The number of nitrogens with zero attached hydrogens (tertiary/aromatic N) is 3. The highest BCUT2D eigenvalue weighted by Crippen LogP contribution is 2.24. The van der Waals surface area contributed by atoms with Gasteiger partial charge in [0.2, 0.25) is 15.9 Å². The van der Waals surface area contributed by atoms with Crippen LogP contribution in [0.5, 0.6) is 0 Å². The number of hydrogen-bond donors (Lipinski definition) is 1. The molecule has 1 aliphatic heterocycles. The third kappa shape index (κ3) is 4.06. The molecule has 1 aromatic heterocycles. The highest BCUT2D eigenvalue weighted by Gasteiger charge is 2.28. The quantitative estimate of drug-likeness (QED) is 0.849. The topological polar surface area (TPSA) is 93.5 Å². The van der Waals surface area contributed by atoms with Crippen LogP contribution < -0.4 is 5.32 Å². The van der Waals surface area contributed by atoms with E-state index < -0.39 is 10.0 Å². The molecule has 9 heteroatoms. The first-order chi connectivity index (χ1) is 12.0. The zero-order valence-corrected chi connectivity index (χ0v) is 14.7. The summed E-state index contributed by atoms with van der Waals surface area (Å²) in [5, 5.41) is 2.73. The number of aryl methyl sites for hydroxylation is 1. The minimum atomic E-state index is -3.61. The van der Waals surface area contributed by atoms with Crippen molar-refractivity contribution in [2.45, 2.75) is 18.4 Å². The summed E-state index contributed by atoms with van der Waals surface area (Å²) in [6, 6.07) is 4.89. The average molecular weight is 364 g/mol. The Balaban J connectivity index is 1.79. The first-order valence-corrected chi connectivity index (χ1v) is 9.35. The molecule has 1 N–H and O–H groups in total. The van der Waals surface area contributed by atoms with E-state index in [4.69, 9.17) is 4.74 Å². The van der Waals surface area contributed by atoms with Crippen LogP contribution in [-0.4, -0.2) is 54.5 Å². The largest absolute Gasteiger partial charge is 0.379 e. The number of carbonyl (C=O) groups excluding carboxylic acids is 1. The molecule has 134 valence electrons. The summed E-state index contributed by atoms with van der Waals surface area (Å²) >= 11 is 0. The normalized spacial score (nSPS) is 15.9. The van der Waals surface area contributed by atoms with Crippen molar-refractivity contribution >= 4 is 21.6 Å². The second-order valence-corrected chi connectivity index (χ2v) is 7.69. The number of aromatic nitrogens is 2. The smallest absolute Gasteiger partial charge is 0.244 e. The predicted molar refractivity (Wildman–Crippen MR) is 91.6 cm³/mol. The number of nitrogens with one attached hydrogen (secondary N) is 1. The Morgan fingerprint density at radius 2 is 2.08 bits per heavy atom. The van der Waals surface area contributed by atoms with Crippen molar-refractivity contribution in [1.82, 2.24) is 13.9 Å². The first-order valence-electron chi connectivity index (χ1n) is 7.91. The number of imidazole rings is 1. The third-order valence-corrected chi connectivity index (χ3v) is 5.99. The lowest BCUT2D eigenvalue weighted by atomic mass is 10.2. The number of carbonyl (C=O) groups is 1.